The van der Waals surface area contributed by atoms with Crippen LogP contribution in [0, 0.1) is 7.05 Å². The topological polar surface area (TPSA) is 12.0 Å². The molecule has 0 saturated carbocycles. The maximum atomic E-state index is 3.64. The molecule has 0 bridgehead atoms. The second-order valence-electron chi connectivity index (χ2n) is 2.33. The number of benzene rings is 1. The summed E-state index contributed by atoms with van der Waals surface area (Å²) in [6.07, 6.45) is 0. The number of hydrogen-bond donors (Lipinski definition) is 1. The Labute approximate surface area is 69.7 Å². The third kappa shape index (κ3) is 0.994. The van der Waals surface area contributed by atoms with E-state index in [2.05, 4.69) is 29.9 Å². The summed E-state index contributed by atoms with van der Waals surface area (Å²) in [5.74, 6) is 0. The smallest absolute Gasteiger partial charge is 0.0963 e. The van der Waals surface area contributed by atoms with E-state index in [-0.39, 0.29) is 0 Å². The van der Waals surface area contributed by atoms with Gasteiger partial charge in [0, 0.05) is 17.8 Å². The first-order valence-electron chi connectivity index (χ1n) is 3.41. The summed E-state index contributed by atoms with van der Waals surface area (Å²) < 4.78 is 0. The van der Waals surface area contributed by atoms with Crippen molar-refractivity contribution in [2.24, 2.45) is 0 Å². The third-order valence-corrected chi connectivity index (χ3v) is 2.64. The summed E-state index contributed by atoms with van der Waals surface area (Å²) >= 11 is 1.69. The van der Waals surface area contributed by atoms with Crippen molar-refractivity contribution in [3.8, 4) is 0 Å². The molecule has 0 spiro atoms. The maximum Gasteiger partial charge on any atom is 0.0963 e. The van der Waals surface area contributed by atoms with E-state index in [1.807, 2.05) is 12.1 Å². The molecule has 0 aliphatic carbocycles. The summed E-state index contributed by atoms with van der Waals surface area (Å²) in [4.78, 5) is 0. The van der Waals surface area contributed by atoms with Crippen molar-refractivity contribution in [3.63, 3.8) is 0 Å². The van der Waals surface area contributed by atoms with E-state index in [9.17, 15) is 0 Å². The molecule has 1 radical (unpaired) electrons. The predicted molar refractivity (Wildman–Crippen MR) is 50.8 cm³/mol. The highest BCUT2D eigenvalue weighted by molar-refractivity contribution is 7.16. The van der Waals surface area contributed by atoms with Crippen LogP contribution in [0.5, 0.6) is 0 Å². The fourth-order valence-electron chi connectivity index (χ4n) is 1.13. The Morgan fingerprint density at radius 3 is 2.91 bits per heavy atom. The van der Waals surface area contributed by atoms with E-state index < -0.39 is 0 Å². The largest absolute Gasteiger partial charge is 0.375 e. The molecular formula is C9H8NS. The first kappa shape index (κ1) is 6.68. The second kappa shape index (κ2) is 2.55. The lowest BCUT2D eigenvalue weighted by Crippen LogP contribution is -1.78. The second-order valence-corrected chi connectivity index (χ2v) is 3.21. The number of rotatable bonds is 1. The van der Waals surface area contributed by atoms with Gasteiger partial charge in [-0.3, -0.25) is 0 Å². The van der Waals surface area contributed by atoms with Crippen LogP contribution in [-0.2, 0) is 0 Å². The van der Waals surface area contributed by atoms with Crippen LogP contribution in [0.4, 0.5) is 5.00 Å². The van der Waals surface area contributed by atoms with Gasteiger partial charge >= 0.3 is 0 Å². The van der Waals surface area contributed by atoms with Crippen molar-refractivity contribution < 1.29 is 0 Å². The average Bonchev–Trinajstić information content (AvgIpc) is 2.47. The fraction of sp³-hybridized carbons (Fsp3) is 0. The van der Waals surface area contributed by atoms with Crippen LogP contribution in [0.25, 0.3) is 10.8 Å². The van der Waals surface area contributed by atoms with Crippen molar-refractivity contribution in [1.29, 1.82) is 0 Å². The zero-order valence-corrected chi connectivity index (χ0v) is 6.82. The van der Waals surface area contributed by atoms with Gasteiger partial charge in [0.15, 0.2) is 0 Å². The Morgan fingerprint density at radius 1 is 1.27 bits per heavy atom. The monoisotopic (exact) mass is 162 g/mol. The van der Waals surface area contributed by atoms with E-state index in [0.29, 0.717) is 0 Å². The Hall–Kier alpha value is -1.02. The van der Waals surface area contributed by atoms with Crippen molar-refractivity contribution in [3.05, 3.63) is 36.7 Å². The van der Waals surface area contributed by atoms with Crippen molar-refractivity contribution >= 4 is 27.1 Å². The molecule has 2 aromatic rings. The molecular weight excluding hydrogens is 154 g/mol. The molecule has 2 heteroatoms. The first-order chi connectivity index (χ1) is 5.42. The van der Waals surface area contributed by atoms with E-state index in [0.717, 1.165) is 5.00 Å². The minimum absolute atomic E-state index is 1.14. The maximum absolute atomic E-state index is 3.64. The van der Waals surface area contributed by atoms with Crippen LogP contribution in [0.1, 0.15) is 0 Å². The number of nitrogens with one attached hydrogen (secondary N) is 1. The van der Waals surface area contributed by atoms with Gasteiger partial charge in [-0.1, -0.05) is 24.3 Å². The molecule has 0 unspecified atom stereocenters. The van der Waals surface area contributed by atoms with Gasteiger partial charge < -0.3 is 5.32 Å². The van der Waals surface area contributed by atoms with Crippen LogP contribution < -0.4 is 5.32 Å². The van der Waals surface area contributed by atoms with Crippen LogP contribution in [0.15, 0.2) is 29.6 Å². The molecule has 1 aromatic heterocycles. The van der Waals surface area contributed by atoms with Gasteiger partial charge in [0.2, 0.25) is 0 Å². The SMILES string of the molecule is [CH2]Nc1scc2ccccc12. The minimum Gasteiger partial charge on any atom is -0.375 e. The molecule has 0 aliphatic heterocycles. The zero-order valence-electron chi connectivity index (χ0n) is 6.00. The fourth-order valence-corrected chi connectivity index (χ4v) is 1.98. The highest BCUT2D eigenvalue weighted by Crippen LogP contribution is 2.29. The summed E-state index contributed by atoms with van der Waals surface area (Å²) in [7, 11) is 3.64. The molecule has 1 heterocycles. The number of anilines is 1. The molecule has 0 amide bonds. The quantitative estimate of drug-likeness (QED) is 0.679. The molecule has 0 saturated heterocycles. The first-order valence-corrected chi connectivity index (χ1v) is 4.29. The Balaban J connectivity index is 2.76. The van der Waals surface area contributed by atoms with Gasteiger partial charge in [-0.05, 0) is 5.39 Å². The predicted octanol–water partition coefficient (Wildman–Crippen LogP) is 3.10. The zero-order chi connectivity index (χ0) is 7.68. The highest BCUT2D eigenvalue weighted by Gasteiger charge is 1.98. The van der Waals surface area contributed by atoms with Crippen molar-refractivity contribution in [2.75, 3.05) is 5.32 Å². The standard InChI is InChI=1S/C9H8NS/c1-10-9-8-5-3-2-4-7(8)6-11-9/h2-6,10H,1H2. The number of thiophene rings is 1. The number of fused-ring (bicyclic) bond motifs is 1. The molecule has 1 nitrogen and oxygen atoms in total. The van der Waals surface area contributed by atoms with Gasteiger partial charge in [0.1, 0.15) is 0 Å². The van der Waals surface area contributed by atoms with Crippen molar-refractivity contribution in [1.82, 2.24) is 0 Å². The van der Waals surface area contributed by atoms with Crippen LogP contribution in [0.2, 0.25) is 0 Å². The molecule has 0 aliphatic rings. The molecule has 0 fully saturated rings. The van der Waals surface area contributed by atoms with E-state index >= 15 is 0 Å². The molecule has 1 N–H and O–H groups in total. The summed E-state index contributed by atoms with van der Waals surface area (Å²) in [6, 6.07) is 8.28. The molecule has 2 rings (SSSR count). The highest BCUT2D eigenvalue weighted by atomic mass is 32.1. The molecule has 11 heavy (non-hydrogen) atoms. The lowest BCUT2D eigenvalue weighted by molar-refractivity contribution is 1.74. The van der Waals surface area contributed by atoms with Gasteiger partial charge in [0.05, 0.1) is 5.00 Å². The van der Waals surface area contributed by atoms with E-state index in [1.54, 1.807) is 11.3 Å². The minimum atomic E-state index is 1.14. The normalized spacial score (nSPS) is 10.3. The average molecular weight is 162 g/mol. The lowest BCUT2D eigenvalue weighted by atomic mass is 10.2. The summed E-state index contributed by atoms with van der Waals surface area (Å²) in [6.45, 7) is 0. The third-order valence-electron chi connectivity index (χ3n) is 1.67. The molecule has 1 aromatic carbocycles. The van der Waals surface area contributed by atoms with Gasteiger partial charge in [0.25, 0.3) is 0 Å². The lowest BCUT2D eigenvalue weighted by Gasteiger charge is -1.93. The van der Waals surface area contributed by atoms with Crippen LogP contribution in [-0.4, -0.2) is 0 Å². The molecule has 55 valence electrons. The van der Waals surface area contributed by atoms with Crippen molar-refractivity contribution in [2.45, 2.75) is 0 Å². The van der Waals surface area contributed by atoms with Crippen LogP contribution in [0.3, 0.4) is 0 Å². The van der Waals surface area contributed by atoms with Gasteiger partial charge in [-0.2, -0.15) is 0 Å². The molecule has 0 atom stereocenters. The Kier molecular flexibility index (Phi) is 1.55. The summed E-state index contributed by atoms with van der Waals surface area (Å²) in [5, 5.41) is 8.72. The summed E-state index contributed by atoms with van der Waals surface area (Å²) in [5.41, 5.74) is 0. The Morgan fingerprint density at radius 2 is 2.09 bits per heavy atom. The van der Waals surface area contributed by atoms with Gasteiger partial charge in [-0.25, -0.2) is 0 Å². The van der Waals surface area contributed by atoms with E-state index in [1.165, 1.54) is 10.8 Å². The van der Waals surface area contributed by atoms with Crippen LogP contribution >= 0.6 is 11.3 Å². The van der Waals surface area contributed by atoms with Gasteiger partial charge in [-0.15, -0.1) is 11.3 Å². The number of hydrogen-bond acceptors (Lipinski definition) is 2. The van der Waals surface area contributed by atoms with E-state index in [4.69, 9.17) is 0 Å². The Bertz CT molecular complexity index is 364.